The zero-order valence-electron chi connectivity index (χ0n) is 11.7. The van der Waals surface area contributed by atoms with Crippen LogP contribution in [0.1, 0.15) is 19.7 Å². The Morgan fingerprint density at radius 2 is 2.05 bits per heavy atom. The predicted octanol–water partition coefficient (Wildman–Crippen LogP) is 4.24. The van der Waals surface area contributed by atoms with Crippen molar-refractivity contribution in [1.29, 1.82) is 0 Å². The summed E-state index contributed by atoms with van der Waals surface area (Å²) < 4.78 is 29.1. The third-order valence-electron chi connectivity index (χ3n) is 3.26. The molecule has 0 radical (unpaired) electrons. The number of thioether (sulfide) groups is 1. The van der Waals surface area contributed by atoms with Gasteiger partial charge in [0, 0.05) is 29.7 Å². The van der Waals surface area contributed by atoms with E-state index in [4.69, 9.17) is 11.6 Å². The van der Waals surface area contributed by atoms with Gasteiger partial charge >= 0.3 is 0 Å². The van der Waals surface area contributed by atoms with Gasteiger partial charge in [0.05, 0.1) is 5.52 Å². The highest BCUT2D eigenvalue weighted by Gasteiger charge is 2.22. The van der Waals surface area contributed by atoms with Crippen molar-refractivity contribution in [3.05, 3.63) is 29.6 Å². The summed E-state index contributed by atoms with van der Waals surface area (Å²) in [5.41, 5.74) is 0.702. The first kappa shape index (κ1) is 15.6. The van der Waals surface area contributed by atoms with Gasteiger partial charge in [-0.1, -0.05) is 0 Å². The molecule has 0 atom stereocenters. The van der Waals surface area contributed by atoms with E-state index in [2.05, 4.69) is 18.8 Å². The van der Waals surface area contributed by atoms with E-state index in [-0.39, 0.29) is 10.3 Å². The Balaban J connectivity index is 2.61. The van der Waals surface area contributed by atoms with Crippen molar-refractivity contribution in [2.45, 2.75) is 31.6 Å². The summed E-state index contributed by atoms with van der Waals surface area (Å²) in [6, 6.07) is 2.20. The maximum atomic E-state index is 13.8. The molecule has 0 fully saturated rings. The lowest BCUT2D eigenvalue weighted by Gasteiger charge is -2.24. The Labute approximate surface area is 126 Å². The van der Waals surface area contributed by atoms with Crippen LogP contribution in [0.2, 0.25) is 0 Å². The number of hydrogen-bond donors (Lipinski definition) is 0. The fourth-order valence-corrected chi connectivity index (χ4v) is 2.52. The Hall–Kier alpha value is -0.810. The number of halogens is 3. The molecule has 1 aromatic carbocycles. The highest BCUT2D eigenvalue weighted by molar-refractivity contribution is 7.99. The zero-order chi connectivity index (χ0) is 14.9. The molecule has 20 heavy (non-hydrogen) atoms. The summed E-state index contributed by atoms with van der Waals surface area (Å²) in [5, 5.41) is 0. The van der Waals surface area contributed by atoms with E-state index in [1.54, 1.807) is 11.8 Å². The third kappa shape index (κ3) is 3.09. The fourth-order valence-electron chi connectivity index (χ4n) is 2.09. The summed E-state index contributed by atoms with van der Waals surface area (Å²) in [5.74, 6) is -0.124. The molecule has 1 aromatic heterocycles. The average Bonchev–Trinajstić information content (AvgIpc) is 2.69. The van der Waals surface area contributed by atoms with Gasteiger partial charge in [0.25, 0.3) is 0 Å². The summed E-state index contributed by atoms with van der Waals surface area (Å²) in [6.07, 6.45) is 2.54. The van der Waals surface area contributed by atoms with Gasteiger partial charge in [0.2, 0.25) is 0 Å². The van der Waals surface area contributed by atoms with Gasteiger partial charge in [0.15, 0.2) is 5.82 Å². The first-order valence-electron chi connectivity index (χ1n) is 6.33. The van der Waals surface area contributed by atoms with Crippen LogP contribution < -0.4 is 0 Å². The Morgan fingerprint density at radius 3 is 2.65 bits per heavy atom. The summed E-state index contributed by atoms with van der Waals surface area (Å²) >= 11 is 7.49. The van der Waals surface area contributed by atoms with E-state index in [0.29, 0.717) is 30.2 Å². The second-order valence-corrected chi connectivity index (χ2v) is 7.16. The van der Waals surface area contributed by atoms with Crippen LogP contribution in [0.25, 0.3) is 11.0 Å². The number of benzene rings is 1. The smallest absolute Gasteiger partial charge is 0.153 e. The Kier molecular flexibility index (Phi) is 4.59. The monoisotopic (exact) mass is 318 g/mol. The van der Waals surface area contributed by atoms with Crippen LogP contribution in [0.4, 0.5) is 8.78 Å². The normalized spacial score (nSPS) is 12.3. The van der Waals surface area contributed by atoms with Gasteiger partial charge in [-0.25, -0.2) is 13.8 Å². The lowest BCUT2D eigenvalue weighted by molar-refractivity contribution is 0.559. The molecule has 1 heterocycles. The van der Waals surface area contributed by atoms with Crippen molar-refractivity contribution in [2.75, 3.05) is 12.1 Å². The fraction of sp³-hybridized carbons (Fsp3) is 0.500. The van der Waals surface area contributed by atoms with Crippen molar-refractivity contribution in [3.8, 4) is 0 Å². The lowest BCUT2D eigenvalue weighted by Crippen LogP contribution is -2.24. The second-order valence-electron chi connectivity index (χ2n) is 5.27. The molecule has 0 aliphatic heterocycles. The number of fused-ring (bicyclic) bond motifs is 1. The van der Waals surface area contributed by atoms with E-state index in [1.807, 2.05) is 10.8 Å². The number of alkyl halides is 1. The second kappa shape index (κ2) is 5.90. The van der Waals surface area contributed by atoms with E-state index >= 15 is 0 Å². The van der Waals surface area contributed by atoms with E-state index in [9.17, 15) is 8.78 Å². The topological polar surface area (TPSA) is 17.8 Å². The Bertz CT molecular complexity index is 625. The molecule has 0 N–H and O–H groups in total. The number of hydrogen-bond acceptors (Lipinski definition) is 2. The minimum absolute atomic E-state index is 0.0580. The maximum Gasteiger partial charge on any atom is 0.153 e. The van der Waals surface area contributed by atoms with Gasteiger partial charge < -0.3 is 4.57 Å². The molecule has 2 rings (SSSR count). The summed E-state index contributed by atoms with van der Waals surface area (Å²) in [6.45, 7) is 4.80. The van der Waals surface area contributed by atoms with Crippen LogP contribution in [0.5, 0.6) is 0 Å². The van der Waals surface area contributed by atoms with Crippen LogP contribution in [0, 0.1) is 11.6 Å². The van der Waals surface area contributed by atoms with Crippen molar-refractivity contribution in [1.82, 2.24) is 9.55 Å². The molecule has 0 saturated carbocycles. The highest BCUT2D eigenvalue weighted by atomic mass is 35.5. The molecule has 2 aromatic rings. The minimum Gasteiger partial charge on any atom is -0.326 e. The molecule has 6 heteroatoms. The van der Waals surface area contributed by atoms with Crippen molar-refractivity contribution < 1.29 is 8.78 Å². The zero-order valence-corrected chi connectivity index (χ0v) is 13.3. The standard InChI is InChI=1S/C14H17ClF2N2S/c1-14(2,20-3)8-19-11-7-9(16)6-10(17)13(11)18-12(19)4-5-15/h6-7H,4-5,8H2,1-3H3. The molecule has 0 aliphatic carbocycles. The van der Waals surface area contributed by atoms with Gasteiger partial charge in [-0.2, -0.15) is 11.8 Å². The molecule has 2 nitrogen and oxygen atoms in total. The number of nitrogens with zero attached hydrogens (tertiary/aromatic N) is 2. The molecule has 0 amide bonds. The third-order valence-corrected chi connectivity index (χ3v) is 4.68. The highest BCUT2D eigenvalue weighted by Crippen LogP contribution is 2.28. The van der Waals surface area contributed by atoms with Gasteiger partial charge in [-0.3, -0.25) is 0 Å². The molecule has 0 spiro atoms. The number of aryl methyl sites for hydroxylation is 1. The molecular formula is C14H17ClF2N2S. The van der Waals surface area contributed by atoms with Crippen molar-refractivity contribution in [3.63, 3.8) is 0 Å². The van der Waals surface area contributed by atoms with Gasteiger partial charge in [-0.15, -0.1) is 11.6 Å². The largest absolute Gasteiger partial charge is 0.326 e. The van der Waals surface area contributed by atoms with Crippen LogP contribution in [0.15, 0.2) is 12.1 Å². The quantitative estimate of drug-likeness (QED) is 0.767. The maximum absolute atomic E-state index is 13.8. The Morgan fingerprint density at radius 1 is 1.35 bits per heavy atom. The van der Waals surface area contributed by atoms with E-state index in [1.165, 1.54) is 6.07 Å². The number of aromatic nitrogens is 2. The minimum atomic E-state index is -0.628. The van der Waals surface area contributed by atoms with Crippen LogP contribution in [-0.4, -0.2) is 26.4 Å². The van der Waals surface area contributed by atoms with Crippen molar-refractivity contribution in [2.24, 2.45) is 0 Å². The summed E-state index contributed by atoms with van der Waals surface area (Å²) in [4.78, 5) is 4.29. The van der Waals surface area contributed by atoms with Gasteiger partial charge in [0.1, 0.15) is 17.2 Å². The molecular weight excluding hydrogens is 302 g/mol. The lowest BCUT2D eigenvalue weighted by atomic mass is 10.2. The average molecular weight is 319 g/mol. The van der Waals surface area contributed by atoms with Gasteiger partial charge in [-0.05, 0) is 26.2 Å². The molecule has 0 saturated heterocycles. The van der Waals surface area contributed by atoms with Crippen LogP contribution >= 0.6 is 23.4 Å². The summed E-state index contributed by atoms with van der Waals surface area (Å²) in [7, 11) is 0. The first-order chi connectivity index (χ1) is 9.38. The molecule has 0 unspecified atom stereocenters. The van der Waals surface area contributed by atoms with Crippen molar-refractivity contribution >= 4 is 34.4 Å². The van der Waals surface area contributed by atoms with E-state index < -0.39 is 11.6 Å². The molecule has 110 valence electrons. The SMILES string of the molecule is CSC(C)(C)Cn1c(CCCl)nc2c(F)cc(F)cc21. The van der Waals surface area contributed by atoms with Crippen LogP contribution in [0.3, 0.4) is 0 Å². The number of rotatable bonds is 5. The van der Waals surface area contributed by atoms with Crippen LogP contribution in [-0.2, 0) is 13.0 Å². The predicted molar refractivity (Wildman–Crippen MR) is 81.7 cm³/mol. The molecule has 0 aliphatic rings. The first-order valence-corrected chi connectivity index (χ1v) is 8.09. The number of imidazole rings is 1. The van der Waals surface area contributed by atoms with E-state index in [0.717, 1.165) is 6.07 Å². The molecule has 0 bridgehead atoms.